The number of para-hydroxylation sites is 1. The first-order chi connectivity index (χ1) is 13.7. The van der Waals surface area contributed by atoms with Crippen LogP contribution in [0.15, 0.2) is 54.6 Å². The summed E-state index contributed by atoms with van der Waals surface area (Å²) in [5.74, 6) is -2.98. The topological polar surface area (TPSA) is 46.9 Å². The van der Waals surface area contributed by atoms with Crippen molar-refractivity contribution in [3.8, 4) is 5.69 Å². The number of aromatic nitrogens is 2. The number of amides is 1. The largest absolute Gasteiger partial charge is 0.435 e. The first-order valence-electron chi connectivity index (χ1n) is 8.15. The lowest BCUT2D eigenvalue weighted by Crippen LogP contribution is -2.11. The lowest BCUT2D eigenvalue weighted by molar-refractivity contribution is -0.140. The molecule has 2 aromatic heterocycles. The number of carbonyl (C=O) groups is 1. The number of anilines is 1. The van der Waals surface area contributed by atoms with Crippen molar-refractivity contribution in [1.29, 1.82) is 0 Å². The van der Waals surface area contributed by atoms with Gasteiger partial charge in [0.15, 0.2) is 17.3 Å². The summed E-state index contributed by atoms with van der Waals surface area (Å²) < 4.78 is 67.8. The third-order valence-electron chi connectivity index (χ3n) is 4.03. The van der Waals surface area contributed by atoms with E-state index in [1.165, 1.54) is 0 Å². The van der Waals surface area contributed by atoms with Crippen molar-refractivity contribution >= 4 is 33.1 Å². The van der Waals surface area contributed by atoms with Crippen molar-refractivity contribution in [3.63, 3.8) is 0 Å². The third-order valence-corrected chi connectivity index (χ3v) is 5.14. The summed E-state index contributed by atoms with van der Waals surface area (Å²) in [5, 5.41) is 5.80. The molecule has 0 aliphatic carbocycles. The van der Waals surface area contributed by atoms with Crippen LogP contribution in [0, 0.1) is 11.6 Å². The maximum atomic E-state index is 13.4. The second kappa shape index (κ2) is 6.96. The highest BCUT2D eigenvalue weighted by atomic mass is 32.1. The molecule has 10 heteroatoms. The predicted molar refractivity (Wildman–Crippen MR) is 98.3 cm³/mol. The van der Waals surface area contributed by atoms with Crippen LogP contribution in [0.4, 0.5) is 27.6 Å². The van der Waals surface area contributed by atoms with E-state index in [4.69, 9.17) is 0 Å². The van der Waals surface area contributed by atoms with E-state index < -0.39 is 29.4 Å². The molecule has 4 aromatic rings. The van der Waals surface area contributed by atoms with Gasteiger partial charge in [0.2, 0.25) is 0 Å². The minimum absolute atomic E-state index is 0.0212. The summed E-state index contributed by atoms with van der Waals surface area (Å²) in [7, 11) is 0. The molecule has 29 heavy (non-hydrogen) atoms. The fraction of sp³-hybridized carbons (Fsp3) is 0.0526. The van der Waals surface area contributed by atoms with Gasteiger partial charge in [0.05, 0.1) is 10.6 Å². The van der Waals surface area contributed by atoms with E-state index in [1.54, 1.807) is 30.3 Å². The maximum Gasteiger partial charge on any atom is 0.435 e. The molecule has 1 N–H and O–H groups in total. The molecule has 0 aliphatic heterocycles. The average Bonchev–Trinajstić information content (AvgIpc) is 3.24. The zero-order chi connectivity index (χ0) is 20.8. The number of halogens is 5. The lowest BCUT2D eigenvalue weighted by Gasteiger charge is -2.05. The molecule has 148 valence electrons. The summed E-state index contributed by atoms with van der Waals surface area (Å²) in [5.41, 5.74) is -0.728. The van der Waals surface area contributed by atoms with Gasteiger partial charge in [-0.05, 0) is 30.3 Å². The molecule has 0 atom stereocenters. The number of hydrogen-bond acceptors (Lipinski definition) is 3. The van der Waals surface area contributed by atoms with Crippen molar-refractivity contribution in [1.82, 2.24) is 9.78 Å². The van der Waals surface area contributed by atoms with E-state index in [1.807, 2.05) is 0 Å². The molecule has 0 radical (unpaired) electrons. The molecule has 2 heterocycles. The van der Waals surface area contributed by atoms with Gasteiger partial charge in [-0.25, -0.2) is 13.5 Å². The van der Waals surface area contributed by atoms with Gasteiger partial charge < -0.3 is 5.32 Å². The molecule has 0 spiro atoms. The van der Waals surface area contributed by atoms with Crippen LogP contribution < -0.4 is 5.32 Å². The molecule has 0 saturated carbocycles. The number of nitrogens with one attached hydrogen (secondary N) is 1. The van der Waals surface area contributed by atoms with E-state index in [0.29, 0.717) is 5.69 Å². The fourth-order valence-corrected chi connectivity index (χ4v) is 3.77. The van der Waals surface area contributed by atoms with Gasteiger partial charge >= 0.3 is 6.18 Å². The van der Waals surface area contributed by atoms with E-state index in [0.717, 1.165) is 40.3 Å². The van der Waals surface area contributed by atoms with Gasteiger partial charge in [-0.2, -0.15) is 18.3 Å². The molecule has 4 rings (SSSR count). The van der Waals surface area contributed by atoms with Crippen LogP contribution in [0.25, 0.3) is 15.9 Å². The number of rotatable bonds is 3. The molecule has 2 aromatic carbocycles. The van der Waals surface area contributed by atoms with Gasteiger partial charge in [-0.3, -0.25) is 4.79 Å². The molecule has 1 amide bonds. The van der Waals surface area contributed by atoms with Gasteiger partial charge in [-0.15, -0.1) is 11.3 Å². The Morgan fingerprint density at radius 1 is 1.00 bits per heavy atom. The molecule has 4 nitrogen and oxygen atoms in total. The quantitative estimate of drug-likeness (QED) is 0.434. The minimum atomic E-state index is -4.72. The molecular formula is C19H10F5N3OS. The van der Waals surface area contributed by atoms with Crippen LogP contribution in [-0.4, -0.2) is 15.7 Å². The molecule has 0 fully saturated rings. The summed E-state index contributed by atoms with van der Waals surface area (Å²) in [6.07, 6.45) is -4.72. The van der Waals surface area contributed by atoms with E-state index >= 15 is 0 Å². The second-order valence-corrected chi connectivity index (χ2v) is 7.04. The Kier molecular flexibility index (Phi) is 4.58. The van der Waals surface area contributed by atoms with Crippen LogP contribution in [0.2, 0.25) is 0 Å². The van der Waals surface area contributed by atoms with Crippen molar-refractivity contribution in [3.05, 3.63) is 76.8 Å². The van der Waals surface area contributed by atoms with Gasteiger partial charge in [0.25, 0.3) is 5.91 Å². The maximum absolute atomic E-state index is 13.4. The average molecular weight is 423 g/mol. The predicted octanol–water partition coefficient (Wildman–Crippen LogP) is 5.64. The highest BCUT2D eigenvalue weighted by Crippen LogP contribution is 2.39. The van der Waals surface area contributed by atoms with Crippen LogP contribution in [0.1, 0.15) is 15.4 Å². The number of fused-ring (bicyclic) bond motifs is 1. The van der Waals surface area contributed by atoms with E-state index in [-0.39, 0.29) is 20.8 Å². The standard InChI is InChI=1S/C19H10F5N3OS/c20-13-7-6-10(8-14(13)21)25-17(28)15-9-12-16(19(22,23)24)26-27(18(12)29-15)11-4-2-1-3-5-11/h1-9H,(H,25,28). The lowest BCUT2D eigenvalue weighted by atomic mass is 10.2. The van der Waals surface area contributed by atoms with Crippen LogP contribution in [0.5, 0.6) is 0 Å². The zero-order valence-corrected chi connectivity index (χ0v) is 15.1. The van der Waals surface area contributed by atoms with Crippen molar-refractivity contribution < 1.29 is 26.7 Å². The Hall–Kier alpha value is -3.27. The number of alkyl halides is 3. The van der Waals surface area contributed by atoms with Crippen LogP contribution in [-0.2, 0) is 6.18 Å². The minimum Gasteiger partial charge on any atom is -0.321 e. The van der Waals surface area contributed by atoms with E-state index in [9.17, 15) is 26.7 Å². The number of benzene rings is 2. The Morgan fingerprint density at radius 2 is 1.72 bits per heavy atom. The van der Waals surface area contributed by atoms with Gasteiger partial charge in [0.1, 0.15) is 4.83 Å². The smallest absolute Gasteiger partial charge is 0.321 e. The summed E-state index contributed by atoms with van der Waals surface area (Å²) in [6.45, 7) is 0. The number of hydrogen-bond donors (Lipinski definition) is 1. The number of thiophene rings is 1. The Balaban J connectivity index is 1.77. The van der Waals surface area contributed by atoms with Crippen molar-refractivity contribution in [2.75, 3.05) is 5.32 Å². The van der Waals surface area contributed by atoms with Crippen LogP contribution in [0.3, 0.4) is 0 Å². The first kappa shape index (κ1) is 19.1. The normalized spacial score (nSPS) is 11.8. The fourth-order valence-electron chi connectivity index (χ4n) is 2.74. The molecule has 0 aliphatic rings. The van der Waals surface area contributed by atoms with Crippen molar-refractivity contribution in [2.24, 2.45) is 0 Å². The number of nitrogens with zero attached hydrogens (tertiary/aromatic N) is 2. The summed E-state index contributed by atoms with van der Waals surface area (Å²) >= 11 is 0.811. The summed E-state index contributed by atoms with van der Waals surface area (Å²) in [4.78, 5) is 12.6. The highest BCUT2D eigenvalue weighted by Gasteiger charge is 2.38. The van der Waals surface area contributed by atoms with Crippen LogP contribution >= 0.6 is 11.3 Å². The zero-order valence-electron chi connectivity index (χ0n) is 14.3. The monoisotopic (exact) mass is 423 g/mol. The highest BCUT2D eigenvalue weighted by molar-refractivity contribution is 7.20. The molecule has 0 saturated heterocycles. The molecule has 0 bridgehead atoms. The SMILES string of the molecule is O=C(Nc1ccc(F)c(F)c1)c1cc2c(C(F)(F)F)nn(-c3ccccc3)c2s1. The van der Waals surface area contributed by atoms with Gasteiger partial charge in [-0.1, -0.05) is 18.2 Å². The summed E-state index contributed by atoms with van der Waals surface area (Å²) in [6, 6.07) is 12.1. The van der Waals surface area contributed by atoms with Gasteiger partial charge in [0, 0.05) is 17.1 Å². The molecular weight excluding hydrogens is 413 g/mol. The first-order valence-corrected chi connectivity index (χ1v) is 8.97. The Morgan fingerprint density at radius 3 is 2.38 bits per heavy atom. The second-order valence-electron chi connectivity index (χ2n) is 6.01. The Labute approximate surface area is 164 Å². The number of carbonyl (C=O) groups excluding carboxylic acids is 1. The van der Waals surface area contributed by atoms with E-state index in [2.05, 4.69) is 10.4 Å². The molecule has 0 unspecified atom stereocenters. The third kappa shape index (κ3) is 3.58. The Bertz CT molecular complexity index is 1210. The van der Waals surface area contributed by atoms with Crippen molar-refractivity contribution in [2.45, 2.75) is 6.18 Å².